The molecular formula is C38H28N2O5. The van der Waals surface area contributed by atoms with Crippen LogP contribution in [0.3, 0.4) is 0 Å². The molecule has 0 bridgehead atoms. The molecule has 0 heterocycles. The van der Waals surface area contributed by atoms with Crippen molar-refractivity contribution in [2.75, 3.05) is 11.5 Å². The Morgan fingerprint density at radius 1 is 0.356 bits per heavy atom. The van der Waals surface area contributed by atoms with Gasteiger partial charge in [0, 0.05) is 45.8 Å². The third kappa shape index (κ3) is 7.18. The quantitative estimate of drug-likeness (QED) is 0.121. The normalized spacial score (nSPS) is 10.6. The van der Waals surface area contributed by atoms with Crippen molar-refractivity contribution in [1.82, 2.24) is 0 Å². The predicted octanol–water partition coefficient (Wildman–Crippen LogP) is 8.69. The van der Waals surface area contributed by atoms with E-state index in [1.165, 1.54) is 0 Å². The zero-order valence-corrected chi connectivity index (χ0v) is 24.1. The number of ketones is 2. The summed E-state index contributed by atoms with van der Waals surface area (Å²) in [4.78, 5) is 26.5. The number of hydrogen-bond donors (Lipinski definition) is 2. The Morgan fingerprint density at radius 2 is 0.689 bits per heavy atom. The van der Waals surface area contributed by atoms with Gasteiger partial charge in [-0.05, 0) is 97.1 Å². The topological polar surface area (TPSA) is 114 Å². The van der Waals surface area contributed by atoms with E-state index in [1.807, 2.05) is 24.3 Å². The summed E-state index contributed by atoms with van der Waals surface area (Å²) in [6.45, 7) is 0. The Hall–Kier alpha value is -6.34. The van der Waals surface area contributed by atoms with Gasteiger partial charge in [-0.25, -0.2) is 0 Å². The summed E-state index contributed by atoms with van der Waals surface area (Å²) in [5.74, 6) is 3.01. The van der Waals surface area contributed by atoms with Crippen LogP contribution in [0.15, 0.2) is 146 Å². The summed E-state index contributed by atoms with van der Waals surface area (Å²) >= 11 is 0. The van der Waals surface area contributed by atoms with E-state index in [0.29, 0.717) is 68.1 Å². The van der Waals surface area contributed by atoms with Crippen LogP contribution in [0.1, 0.15) is 31.8 Å². The van der Waals surface area contributed by atoms with Crippen molar-refractivity contribution in [2.45, 2.75) is 0 Å². The number of anilines is 2. The fraction of sp³-hybridized carbons (Fsp3) is 0. The highest BCUT2D eigenvalue weighted by atomic mass is 16.5. The molecule has 0 fully saturated rings. The minimum absolute atomic E-state index is 0.164. The molecule has 220 valence electrons. The Bertz CT molecular complexity index is 1840. The van der Waals surface area contributed by atoms with Gasteiger partial charge in [0.1, 0.15) is 34.5 Å². The van der Waals surface area contributed by atoms with Crippen molar-refractivity contribution in [1.29, 1.82) is 0 Å². The van der Waals surface area contributed by atoms with Crippen molar-refractivity contribution in [2.24, 2.45) is 0 Å². The molecule has 6 rings (SSSR count). The highest BCUT2D eigenvalue weighted by Gasteiger charge is 2.13. The van der Waals surface area contributed by atoms with Gasteiger partial charge < -0.3 is 25.7 Å². The number of nitrogens with two attached hydrogens (primary N) is 2. The molecule has 0 saturated carbocycles. The molecule has 0 amide bonds. The first kappa shape index (κ1) is 28.8. The van der Waals surface area contributed by atoms with Crippen LogP contribution in [0.25, 0.3) is 0 Å². The van der Waals surface area contributed by atoms with Gasteiger partial charge in [0.05, 0.1) is 0 Å². The minimum Gasteiger partial charge on any atom is -0.457 e. The highest BCUT2D eigenvalue weighted by Crippen LogP contribution is 2.28. The summed E-state index contributed by atoms with van der Waals surface area (Å²) in [5.41, 5.74) is 14.8. The molecule has 0 aromatic heterocycles. The van der Waals surface area contributed by atoms with Crippen LogP contribution in [0, 0.1) is 0 Å². The molecule has 7 heteroatoms. The SMILES string of the molecule is Nc1cccc(Oc2ccc(C(=O)c3cccc(Oc4cccc(C(=O)c5ccc(Oc6cccc(N)c6)cc5)c4)c3)cc2)c1. The maximum absolute atomic E-state index is 13.2. The molecule has 0 aliphatic carbocycles. The van der Waals surface area contributed by atoms with Crippen LogP contribution in [-0.2, 0) is 0 Å². The lowest BCUT2D eigenvalue weighted by Gasteiger charge is -2.10. The lowest BCUT2D eigenvalue weighted by molar-refractivity contribution is 0.103. The third-order valence-corrected chi connectivity index (χ3v) is 6.85. The fourth-order valence-corrected chi connectivity index (χ4v) is 4.65. The number of carbonyl (C=O) groups excluding carboxylic acids is 2. The first-order valence-electron chi connectivity index (χ1n) is 14.1. The van der Waals surface area contributed by atoms with Crippen molar-refractivity contribution in [3.63, 3.8) is 0 Å². The fourth-order valence-electron chi connectivity index (χ4n) is 4.65. The number of ether oxygens (including phenoxy) is 3. The van der Waals surface area contributed by atoms with Crippen LogP contribution < -0.4 is 25.7 Å². The second kappa shape index (κ2) is 12.9. The second-order valence-corrected chi connectivity index (χ2v) is 10.2. The number of rotatable bonds is 10. The molecule has 6 aromatic rings. The molecule has 0 atom stereocenters. The van der Waals surface area contributed by atoms with Gasteiger partial charge in [0.25, 0.3) is 0 Å². The minimum atomic E-state index is -0.164. The van der Waals surface area contributed by atoms with Gasteiger partial charge in [-0.1, -0.05) is 36.4 Å². The van der Waals surface area contributed by atoms with Gasteiger partial charge in [0.15, 0.2) is 11.6 Å². The van der Waals surface area contributed by atoms with E-state index in [4.69, 9.17) is 25.7 Å². The summed E-state index contributed by atoms with van der Waals surface area (Å²) < 4.78 is 17.7. The van der Waals surface area contributed by atoms with Gasteiger partial charge in [0.2, 0.25) is 0 Å². The maximum Gasteiger partial charge on any atom is 0.193 e. The van der Waals surface area contributed by atoms with Crippen molar-refractivity contribution in [3.05, 3.63) is 168 Å². The Balaban J connectivity index is 1.11. The average molecular weight is 593 g/mol. The van der Waals surface area contributed by atoms with Crippen molar-refractivity contribution < 1.29 is 23.8 Å². The van der Waals surface area contributed by atoms with Gasteiger partial charge >= 0.3 is 0 Å². The van der Waals surface area contributed by atoms with Crippen LogP contribution in [-0.4, -0.2) is 11.6 Å². The lowest BCUT2D eigenvalue weighted by Crippen LogP contribution is -2.02. The van der Waals surface area contributed by atoms with E-state index < -0.39 is 0 Å². The zero-order chi connectivity index (χ0) is 31.2. The smallest absolute Gasteiger partial charge is 0.193 e. The zero-order valence-electron chi connectivity index (χ0n) is 24.1. The van der Waals surface area contributed by atoms with E-state index in [1.54, 1.807) is 121 Å². The molecule has 0 aliphatic heterocycles. The Labute approximate surface area is 260 Å². The Morgan fingerprint density at radius 3 is 1.07 bits per heavy atom. The summed E-state index contributed by atoms with van der Waals surface area (Å²) in [5, 5.41) is 0. The van der Waals surface area contributed by atoms with E-state index in [0.717, 1.165) is 0 Å². The highest BCUT2D eigenvalue weighted by molar-refractivity contribution is 6.10. The largest absolute Gasteiger partial charge is 0.457 e. The summed E-state index contributed by atoms with van der Waals surface area (Å²) in [6.07, 6.45) is 0. The molecular weight excluding hydrogens is 564 g/mol. The molecule has 0 aliphatic rings. The van der Waals surface area contributed by atoms with E-state index in [9.17, 15) is 9.59 Å². The van der Waals surface area contributed by atoms with Gasteiger partial charge in [-0.15, -0.1) is 0 Å². The molecule has 7 nitrogen and oxygen atoms in total. The number of benzene rings is 6. The van der Waals surface area contributed by atoms with Gasteiger partial charge in [-0.3, -0.25) is 9.59 Å². The molecule has 0 saturated heterocycles. The summed E-state index contributed by atoms with van der Waals surface area (Å²) in [6, 6.07) is 41.9. The van der Waals surface area contributed by atoms with Crippen LogP contribution >= 0.6 is 0 Å². The summed E-state index contributed by atoms with van der Waals surface area (Å²) in [7, 11) is 0. The standard InChI is InChI=1S/C38H28N2O5/c39-29-7-3-11-35(23-29)43-31-17-13-25(14-18-31)37(41)27-5-1-9-33(21-27)45-34-10-2-6-28(22-34)38(42)26-15-19-32(20-16-26)44-36-12-4-8-30(40)24-36/h1-24H,39-40H2. The molecule has 0 radical (unpaired) electrons. The first-order valence-corrected chi connectivity index (χ1v) is 14.1. The molecule has 4 N–H and O–H groups in total. The van der Waals surface area contributed by atoms with Crippen LogP contribution in [0.5, 0.6) is 34.5 Å². The molecule has 0 unspecified atom stereocenters. The monoisotopic (exact) mass is 592 g/mol. The Kier molecular flexibility index (Phi) is 8.24. The maximum atomic E-state index is 13.2. The molecule has 6 aromatic carbocycles. The molecule has 0 spiro atoms. The average Bonchev–Trinajstić information content (AvgIpc) is 3.05. The number of hydrogen-bond acceptors (Lipinski definition) is 7. The molecule has 45 heavy (non-hydrogen) atoms. The van der Waals surface area contributed by atoms with Crippen LogP contribution in [0.4, 0.5) is 11.4 Å². The predicted molar refractivity (Wildman–Crippen MR) is 175 cm³/mol. The van der Waals surface area contributed by atoms with E-state index in [-0.39, 0.29) is 11.6 Å². The van der Waals surface area contributed by atoms with Gasteiger partial charge in [-0.2, -0.15) is 0 Å². The van der Waals surface area contributed by atoms with Crippen molar-refractivity contribution >= 4 is 22.9 Å². The second-order valence-electron chi connectivity index (χ2n) is 10.2. The number of carbonyl (C=O) groups is 2. The van der Waals surface area contributed by atoms with E-state index in [2.05, 4.69) is 0 Å². The third-order valence-electron chi connectivity index (χ3n) is 6.85. The van der Waals surface area contributed by atoms with E-state index >= 15 is 0 Å². The van der Waals surface area contributed by atoms with Crippen LogP contribution in [0.2, 0.25) is 0 Å². The van der Waals surface area contributed by atoms with Crippen molar-refractivity contribution in [3.8, 4) is 34.5 Å². The number of nitrogen functional groups attached to an aromatic ring is 2. The first-order chi connectivity index (χ1) is 21.9. The lowest BCUT2D eigenvalue weighted by atomic mass is 10.0.